The molecule has 0 fully saturated rings. The summed E-state index contributed by atoms with van der Waals surface area (Å²) in [6.45, 7) is 2.03. The zero-order valence-electron chi connectivity index (χ0n) is 11.1. The van der Waals surface area contributed by atoms with Crippen molar-refractivity contribution in [1.82, 2.24) is 0 Å². The summed E-state index contributed by atoms with van der Waals surface area (Å²) < 4.78 is 5.16. The standard InChI is InChI=1S/C13H19ClN2O2S/c1-3-10(15)7-19-8-13(17)16-11-6-9(14)4-5-12(11)18-2/h4-6,10H,3,7-8,15H2,1-2H3,(H,16,17). The van der Waals surface area contributed by atoms with Gasteiger partial charge >= 0.3 is 0 Å². The van der Waals surface area contributed by atoms with Crippen molar-refractivity contribution in [3.63, 3.8) is 0 Å². The molecule has 0 aliphatic heterocycles. The lowest BCUT2D eigenvalue weighted by atomic mass is 10.3. The van der Waals surface area contributed by atoms with E-state index < -0.39 is 0 Å². The molecule has 0 spiro atoms. The maximum atomic E-state index is 11.8. The van der Waals surface area contributed by atoms with Gasteiger partial charge in [0.15, 0.2) is 0 Å². The molecule has 0 aliphatic rings. The van der Waals surface area contributed by atoms with Crippen LogP contribution in [-0.2, 0) is 4.79 Å². The number of benzene rings is 1. The lowest BCUT2D eigenvalue weighted by Gasteiger charge is -2.11. The zero-order chi connectivity index (χ0) is 14.3. The van der Waals surface area contributed by atoms with Crippen LogP contribution in [-0.4, -0.2) is 30.6 Å². The monoisotopic (exact) mass is 302 g/mol. The van der Waals surface area contributed by atoms with Crippen LogP contribution in [0.5, 0.6) is 5.75 Å². The van der Waals surface area contributed by atoms with Gasteiger partial charge in [0, 0.05) is 16.8 Å². The molecule has 106 valence electrons. The number of hydrogen-bond acceptors (Lipinski definition) is 4. The van der Waals surface area contributed by atoms with Crippen molar-refractivity contribution >= 4 is 35.0 Å². The molecule has 1 unspecified atom stereocenters. The van der Waals surface area contributed by atoms with Crippen molar-refractivity contribution in [2.45, 2.75) is 19.4 Å². The van der Waals surface area contributed by atoms with E-state index in [2.05, 4.69) is 5.32 Å². The van der Waals surface area contributed by atoms with Gasteiger partial charge in [0.05, 0.1) is 18.6 Å². The van der Waals surface area contributed by atoms with Crippen LogP contribution >= 0.6 is 23.4 Å². The van der Waals surface area contributed by atoms with Gasteiger partial charge in [-0.2, -0.15) is 11.8 Å². The van der Waals surface area contributed by atoms with Crippen LogP contribution in [0.3, 0.4) is 0 Å². The third-order valence-electron chi connectivity index (χ3n) is 2.53. The van der Waals surface area contributed by atoms with Crippen molar-refractivity contribution in [2.24, 2.45) is 5.73 Å². The minimum Gasteiger partial charge on any atom is -0.495 e. The van der Waals surface area contributed by atoms with Crippen molar-refractivity contribution < 1.29 is 9.53 Å². The average Bonchev–Trinajstić information content (AvgIpc) is 2.38. The highest BCUT2D eigenvalue weighted by Gasteiger charge is 2.09. The molecule has 1 amide bonds. The predicted octanol–water partition coefficient (Wildman–Crippen LogP) is 2.76. The SMILES string of the molecule is CCC(N)CSCC(=O)Nc1cc(Cl)ccc1OC. The number of halogens is 1. The van der Waals surface area contributed by atoms with Gasteiger partial charge in [-0.3, -0.25) is 4.79 Å². The van der Waals surface area contributed by atoms with Crippen molar-refractivity contribution in [3.8, 4) is 5.75 Å². The van der Waals surface area contributed by atoms with Crippen LogP contribution < -0.4 is 15.8 Å². The van der Waals surface area contributed by atoms with E-state index in [1.54, 1.807) is 25.3 Å². The Morgan fingerprint density at radius 2 is 2.32 bits per heavy atom. The zero-order valence-corrected chi connectivity index (χ0v) is 12.7. The summed E-state index contributed by atoms with van der Waals surface area (Å²) in [6, 6.07) is 5.24. The van der Waals surface area contributed by atoms with E-state index in [-0.39, 0.29) is 11.9 Å². The third kappa shape index (κ3) is 5.72. The molecular weight excluding hydrogens is 284 g/mol. The fourth-order valence-electron chi connectivity index (χ4n) is 1.39. The van der Waals surface area contributed by atoms with Gasteiger partial charge in [-0.05, 0) is 24.6 Å². The van der Waals surface area contributed by atoms with Crippen LogP contribution in [0, 0.1) is 0 Å². The smallest absolute Gasteiger partial charge is 0.234 e. The van der Waals surface area contributed by atoms with Gasteiger partial charge in [-0.1, -0.05) is 18.5 Å². The number of anilines is 1. The summed E-state index contributed by atoms with van der Waals surface area (Å²) in [4.78, 5) is 11.8. The van der Waals surface area contributed by atoms with E-state index >= 15 is 0 Å². The van der Waals surface area contributed by atoms with E-state index in [1.165, 1.54) is 11.8 Å². The van der Waals surface area contributed by atoms with Crippen LogP contribution in [0.25, 0.3) is 0 Å². The molecule has 0 aliphatic carbocycles. The number of carbonyl (C=O) groups is 1. The summed E-state index contributed by atoms with van der Waals surface area (Å²) >= 11 is 7.41. The lowest BCUT2D eigenvalue weighted by molar-refractivity contribution is -0.113. The number of carbonyl (C=O) groups excluding carboxylic acids is 1. The Balaban J connectivity index is 2.50. The number of hydrogen-bond donors (Lipinski definition) is 2. The highest BCUT2D eigenvalue weighted by molar-refractivity contribution is 8.00. The molecule has 3 N–H and O–H groups in total. The lowest BCUT2D eigenvalue weighted by Crippen LogP contribution is -2.23. The molecule has 1 aromatic carbocycles. The molecule has 0 radical (unpaired) electrons. The first-order valence-corrected chi connectivity index (χ1v) is 7.56. The van der Waals surface area contributed by atoms with E-state index in [0.717, 1.165) is 12.2 Å². The summed E-state index contributed by atoms with van der Waals surface area (Å²) in [5.74, 6) is 1.64. The number of amides is 1. The van der Waals surface area contributed by atoms with Crippen molar-refractivity contribution in [3.05, 3.63) is 23.2 Å². The van der Waals surface area contributed by atoms with Gasteiger partial charge < -0.3 is 15.8 Å². The van der Waals surface area contributed by atoms with E-state index in [0.29, 0.717) is 22.2 Å². The Morgan fingerprint density at radius 3 is 2.95 bits per heavy atom. The predicted molar refractivity (Wildman–Crippen MR) is 82.2 cm³/mol. The second kappa shape index (κ2) is 8.30. The van der Waals surface area contributed by atoms with Gasteiger partial charge in [-0.25, -0.2) is 0 Å². The first kappa shape index (κ1) is 16.1. The summed E-state index contributed by atoms with van der Waals surface area (Å²) in [5, 5.41) is 3.34. The number of nitrogens with two attached hydrogens (primary N) is 1. The number of rotatable bonds is 7. The molecule has 0 bridgehead atoms. The van der Waals surface area contributed by atoms with E-state index in [1.807, 2.05) is 6.92 Å². The number of methoxy groups -OCH3 is 1. The van der Waals surface area contributed by atoms with E-state index in [9.17, 15) is 4.79 Å². The molecule has 1 rings (SSSR count). The molecule has 0 aromatic heterocycles. The first-order valence-electron chi connectivity index (χ1n) is 6.03. The van der Waals surface area contributed by atoms with Crippen molar-refractivity contribution in [2.75, 3.05) is 23.9 Å². The molecule has 0 heterocycles. The Bertz CT molecular complexity index is 429. The molecular formula is C13H19ClN2O2S. The summed E-state index contributed by atoms with van der Waals surface area (Å²) in [6.07, 6.45) is 0.913. The Labute approximate surface area is 123 Å². The second-order valence-electron chi connectivity index (χ2n) is 4.08. The number of nitrogens with one attached hydrogen (secondary N) is 1. The van der Waals surface area contributed by atoms with Gasteiger partial charge in [0.2, 0.25) is 5.91 Å². The summed E-state index contributed by atoms with van der Waals surface area (Å²) in [5.41, 5.74) is 6.37. The maximum Gasteiger partial charge on any atom is 0.234 e. The average molecular weight is 303 g/mol. The van der Waals surface area contributed by atoms with Crippen LogP contribution in [0.4, 0.5) is 5.69 Å². The Kier molecular flexibility index (Phi) is 7.05. The normalized spacial score (nSPS) is 12.0. The highest BCUT2D eigenvalue weighted by Crippen LogP contribution is 2.27. The minimum atomic E-state index is -0.0890. The van der Waals surface area contributed by atoms with Gasteiger partial charge in [0.1, 0.15) is 5.75 Å². The highest BCUT2D eigenvalue weighted by atomic mass is 35.5. The quantitative estimate of drug-likeness (QED) is 0.813. The number of ether oxygens (including phenoxy) is 1. The first-order chi connectivity index (χ1) is 9.06. The Hall–Kier alpha value is -0.910. The summed E-state index contributed by atoms with van der Waals surface area (Å²) in [7, 11) is 1.55. The fraction of sp³-hybridized carbons (Fsp3) is 0.462. The topological polar surface area (TPSA) is 64.4 Å². The van der Waals surface area contributed by atoms with Crippen LogP contribution in [0.2, 0.25) is 5.02 Å². The largest absolute Gasteiger partial charge is 0.495 e. The Morgan fingerprint density at radius 1 is 1.58 bits per heavy atom. The molecule has 6 heteroatoms. The molecule has 1 atom stereocenters. The van der Waals surface area contributed by atoms with E-state index in [4.69, 9.17) is 22.1 Å². The molecule has 19 heavy (non-hydrogen) atoms. The third-order valence-corrected chi connectivity index (χ3v) is 3.89. The molecule has 0 saturated heterocycles. The van der Waals surface area contributed by atoms with Crippen LogP contribution in [0.1, 0.15) is 13.3 Å². The maximum absolute atomic E-state index is 11.8. The van der Waals surface area contributed by atoms with Gasteiger partial charge in [-0.15, -0.1) is 0 Å². The van der Waals surface area contributed by atoms with Crippen LogP contribution in [0.15, 0.2) is 18.2 Å². The molecule has 4 nitrogen and oxygen atoms in total. The fourth-order valence-corrected chi connectivity index (χ4v) is 2.47. The molecule has 1 aromatic rings. The van der Waals surface area contributed by atoms with Gasteiger partial charge in [0.25, 0.3) is 0 Å². The second-order valence-corrected chi connectivity index (χ2v) is 5.54. The number of thioether (sulfide) groups is 1. The molecule has 0 saturated carbocycles. The minimum absolute atomic E-state index is 0.0890. The van der Waals surface area contributed by atoms with Crippen molar-refractivity contribution in [1.29, 1.82) is 0 Å².